The standard InChI is InChI=1S/C11H20N4O/c1-5-10-9(7-15(4)14-10)6-13-8(2)11(16)12-3/h7-8,13H,5-6H2,1-4H3,(H,12,16)/t8-/m1/s1. The van der Waals surface area contributed by atoms with Crippen molar-refractivity contribution in [2.24, 2.45) is 7.05 Å². The third-order valence-corrected chi connectivity index (χ3v) is 2.57. The van der Waals surface area contributed by atoms with Crippen molar-refractivity contribution in [2.45, 2.75) is 32.9 Å². The van der Waals surface area contributed by atoms with Gasteiger partial charge in [0.15, 0.2) is 0 Å². The molecule has 1 aromatic heterocycles. The number of likely N-dealkylation sites (N-methyl/N-ethyl adjacent to an activating group) is 1. The Morgan fingerprint density at radius 1 is 1.62 bits per heavy atom. The van der Waals surface area contributed by atoms with E-state index in [1.807, 2.05) is 20.2 Å². The van der Waals surface area contributed by atoms with Crippen LogP contribution >= 0.6 is 0 Å². The fraction of sp³-hybridized carbons (Fsp3) is 0.636. The second kappa shape index (κ2) is 5.65. The molecule has 0 aliphatic carbocycles. The van der Waals surface area contributed by atoms with Crippen molar-refractivity contribution in [1.29, 1.82) is 0 Å². The van der Waals surface area contributed by atoms with Crippen LogP contribution in [-0.4, -0.2) is 28.8 Å². The Morgan fingerprint density at radius 3 is 2.88 bits per heavy atom. The fourth-order valence-corrected chi connectivity index (χ4v) is 1.60. The number of aromatic nitrogens is 2. The van der Waals surface area contributed by atoms with Gasteiger partial charge in [0.1, 0.15) is 0 Å². The molecule has 0 radical (unpaired) electrons. The Hall–Kier alpha value is -1.36. The van der Waals surface area contributed by atoms with Gasteiger partial charge in [0.25, 0.3) is 0 Å². The third kappa shape index (κ3) is 3.06. The lowest BCUT2D eigenvalue weighted by Crippen LogP contribution is -2.40. The molecular weight excluding hydrogens is 204 g/mol. The molecule has 0 aliphatic heterocycles. The van der Waals surface area contributed by atoms with Crippen LogP contribution in [0.4, 0.5) is 0 Å². The molecule has 0 saturated carbocycles. The van der Waals surface area contributed by atoms with Crippen LogP contribution in [0.5, 0.6) is 0 Å². The zero-order valence-electron chi connectivity index (χ0n) is 10.4. The first kappa shape index (κ1) is 12.7. The Kier molecular flexibility index (Phi) is 4.49. The van der Waals surface area contributed by atoms with Gasteiger partial charge < -0.3 is 10.6 Å². The summed E-state index contributed by atoms with van der Waals surface area (Å²) in [6, 6.07) is -0.185. The van der Waals surface area contributed by atoms with Crippen LogP contribution in [0, 0.1) is 0 Å². The molecule has 5 nitrogen and oxygen atoms in total. The molecule has 0 spiro atoms. The van der Waals surface area contributed by atoms with Gasteiger partial charge in [0, 0.05) is 32.4 Å². The van der Waals surface area contributed by atoms with Gasteiger partial charge in [0.2, 0.25) is 5.91 Å². The summed E-state index contributed by atoms with van der Waals surface area (Å²) in [7, 11) is 3.55. The maximum atomic E-state index is 11.3. The minimum Gasteiger partial charge on any atom is -0.358 e. The minimum absolute atomic E-state index is 0.00180. The van der Waals surface area contributed by atoms with Gasteiger partial charge in [-0.1, -0.05) is 6.92 Å². The van der Waals surface area contributed by atoms with Crippen LogP contribution < -0.4 is 10.6 Å². The first-order chi connectivity index (χ1) is 7.58. The number of amides is 1. The van der Waals surface area contributed by atoms with Crippen LogP contribution in [0.25, 0.3) is 0 Å². The maximum absolute atomic E-state index is 11.3. The normalized spacial score (nSPS) is 12.5. The largest absolute Gasteiger partial charge is 0.358 e. The van der Waals surface area contributed by atoms with Crippen LogP contribution in [-0.2, 0) is 24.8 Å². The van der Waals surface area contributed by atoms with Crippen LogP contribution in [0.1, 0.15) is 25.1 Å². The summed E-state index contributed by atoms with van der Waals surface area (Å²) >= 11 is 0. The lowest BCUT2D eigenvalue weighted by atomic mass is 10.2. The van der Waals surface area contributed by atoms with E-state index >= 15 is 0 Å². The van der Waals surface area contributed by atoms with E-state index in [9.17, 15) is 4.79 Å². The van der Waals surface area contributed by atoms with Crippen LogP contribution in [0.15, 0.2) is 6.20 Å². The lowest BCUT2D eigenvalue weighted by molar-refractivity contribution is -0.122. The summed E-state index contributed by atoms with van der Waals surface area (Å²) in [4.78, 5) is 11.3. The number of aryl methyl sites for hydroxylation is 2. The average Bonchev–Trinajstić information content (AvgIpc) is 2.65. The van der Waals surface area contributed by atoms with Crippen LogP contribution in [0.3, 0.4) is 0 Å². The molecule has 0 aromatic carbocycles. The number of nitrogens with zero attached hydrogens (tertiary/aromatic N) is 2. The molecule has 16 heavy (non-hydrogen) atoms. The van der Waals surface area contributed by atoms with Crippen molar-refractivity contribution in [3.63, 3.8) is 0 Å². The molecule has 1 amide bonds. The predicted octanol–water partition coefficient (Wildman–Crippen LogP) is 0.207. The SMILES string of the molecule is CCc1nn(C)cc1CN[C@H](C)C(=O)NC. The van der Waals surface area contributed by atoms with E-state index in [0.717, 1.165) is 17.7 Å². The number of carbonyl (C=O) groups excluding carboxylic acids is 1. The Bertz CT molecular complexity index is 359. The number of hydrogen-bond acceptors (Lipinski definition) is 3. The second-order valence-corrected chi connectivity index (χ2v) is 3.85. The number of nitrogens with one attached hydrogen (secondary N) is 2. The quantitative estimate of drug-likeness (QED) is 0.751. The third-order valence-electron chi connectivity index (χ3n) is 2.57. The summed E-state index contributed by atoms with van der Waals surface area (Å²) in [5, 5.41) is 10.1. The first-order valence-electron chi connectivity index (χ1n) is 5.54. The van der Waals surface area contributed by atoms with E-state index in [4.69, 9.17) is 0 Å². The topological polar surface area (TPSA) is 59.0 Å². The van der Waals surface area contributed by atoms with Gasteiger partial charge in [-0.25, -0.2) is 0 Å². The highest BCUT2D eigenvalue weighted by molar-refractivity contribution is 5.80. The molecule has 0 bridgehead atoms. The highest BCUT2D eigenvalue weighted by Crippen LogP contribution is 2.06. The molecule has 0 unspecified atom stereocenters. The number of rotatable bonds is 5. The Morgan fingerprint density at radius 2 is 2.31 bits per heavy atom. The fourth-order valence-electron chi connectivity index (χ4n) is 1.60. The zero-order valence-corrected chi connectivity index (χ0v) is 10.4. The molecular formula is C11H20N4O. The smallest absolute Gasteiger partial charge is 0.236 e. The molecule has 0 fully saturated rings. The van der Waals surface area contributed by atoms with E-state index in [1.165, 1.54) is 0 Å². The summed E-state index contributed by atoms with van der Waals surface area (Å²) in [5.74, 6) is 0.00180. The van der Waals surface area contributed by atoms with E-state index in [-0.39, 0.29) is 11.9 Å². The van der Waals surface area contributed by atoms with Gasteiger partial charge in [-0.2, -0.15) is 5.10 Å². The summed E-state index contributed by atoms with van der Waals surface area (Å²) in [6.45, 7) is 4.60. The van der Waals surface area contributed by atoms with Crippen LogP contribution in [0.2, 0.25) is 0 Å². The van der Waals surface area contributed by atoms with Gasteiger partial charge in [-0.3, -0.25) is 9.48 Å². The van der Waals surface area contributed by atoms with E-state index < -0.39 is 0 Å². The van der Waals surface area contributed by atoms with Gasteiger partial charge >= 0.3 is 0 Å². The predicted molar refractivity (Wildman–Crippen MR) is 63.0 cm³/mol. The Balaban J connectivity index is 2.57. The highest BCUT2D eigenvalue weighted by Gasteiger charge is 2.11. The lowest BCUT2D eigenvalue weighted by Gasteiger charge is -2.11. The highest BCUT2D eigenvalue weighted by atomic mass is 16.2. The molecule has 1 aromatic rings. The number of hydrogen-bond donors (Lipinski definition) is 2. The van der Waals surface area contributed by atoms with Crippen molar-refractivity contribution in [2.75, 3.05) is 7.05 Å². The van der Waals surface area contributed by atoms with E-state index in [2.05, 4.69) is 22.7 Å². The molecule has 0 aliphatic rings. The Labute approximate surface area is 96.2 Å². The van der Waals surface area contributed by atoms with Gasteiger partial charge in [-0.15, -0.1) is 0 Å². The first-order valence-corrected chi connectivity index (χ1v) is 5.54. The average molecular weight is 224 g/mol. The zero-order chi connectivity index (χ0) is 12.1. The molecule has 1 rings (SSSR count). The molecule has 1 atom stereocenters. The maximum Gasteiger partial charge on any atom is 0.236 e. The van der Waals surface area contributed by atoms with E-state index in [1.54, 1.807) is 11.7 Å². The van der Waals surface area contributed by atoms with E-state index in [0.29, 0.717) is 6.54 Å². The number of carbonyl (C=O) groups is 1. The minimum atomic E-state index is -0.185. The van der Waals surface area contributed by atoms with Crippen molar-refractivity contribution >= 4 is 5.91 Å². The van der Waals surface area contributed by atoms with Crippen molar-refractivity contribution < 1.29 is 4.79 Å². The van der Waals surface area contributed by atoms with Gasteiger partial charge in [-0.05, 0) is 13.3 Å². The molecule has 5 heteroatoms. The molecule has 0 saturated heterocycles. The molecule has 2 N–H and O–H groups in total. The second-order valence-electron chi connectivity index (χ2n) is 3.85. The van der Waals surface area contributed by atoms with Crippen molar-refractivity contribution in [3.8, 4) is 0 Å². The molecule has 1 heterocycles. The molecule has 90 valence electrons. The summed E-state index contributed by atoms with van der Waals surface area (Å²) in [6.07, 6.45) is 2.90. The monoisotopic (exact) mass is 224 g/mol. The summed E-state index contributed by atoms with van der Waals surface area (Å²) in [5.41, 5.74) is 2.24. The summed E-state index contributed by atoms with van der Waals surface area (Å²) < 4.78 is 1.81. The van der Waals surface area contributed by atoms with Crippen molar-refractivity contribution in [3.05, 3.63) is 17.5 Å². The van der Waals surface area contributed by atoms with Gasteiger partial charge in [0.05, 0.1) is 11.7 Å². The van der Waals surface area contributed by atoms with Crippen molar-refractivity contribution in [1.82, 2.24) is 20.4 Å².